The smallest absolute Gasteiger partial charge is 0.807 e. The third kappa shape index (κ3) is 4.75. The molecule has 0 aliphatic rings. The maximum absolute atomic E-state index is 10.6. The molecule has 1 aromatic carbocycles. The van der Waals surface area contributed by atoms with Crippen LogP contribution in [-0.4, -0.2) is 0 Å². The third-order valence-corrected chi connectivity index (χ3v) is 2.45. The zero-order valence-corrected chi connectivity index (χ0v) is 13.2. The Bertz CT molecular complexity index is 348. The molecule has 0 amide bonds. The molecule has 0 radical (unpaired) electrons. The van der Waals surface area contributed by atoms with Gasteiger partial charge in [-0.3, -0.25) is 0 Å². The Hall–Kier alpha value is 1.11. The van der Waals surface area contributed by atoms with Gasteiger partial charge in [-0.05, 0) is 18.5 Å². The molecule has 0 fully saturated rings. The number of rotatable bonds is 2. The van der Waals surface area contributed by atoms with Crippen LogP contribution in [0.15, 0.2) is 30.8 Å². The number of hydrogen-bond acceptors (Lipinski definition) is 3. The summed E-state index contributed by atoms with van der Waals surface area (Å²) in [5.74, 6) is 0. The summed E-state index contributed by atoms with van der Waals surface area (Å²) in [4.78, 5) is 21.3. The molecular formula is C8H7Na2O3P. The Morgan fingerprint density at radius 1 is 1.21 bits per heavy atom. The van der Waals surface area contributed by atoms with Gasteiger partial charge in [-0.15, -0.1) is 0 Å². The Labute approximate surface area is 127 Å². The molecule has 0 aliphatic carbocycles. The summed E-state index contributed by atoms with van der Waals surface area (Å²) in [5, 5.41) is -0.194. The van der Waals surface area contributed by atoms with Crippen molar-refractivity contribution in [3.63, 3.8) is 0 Å². The number of benzene rings is 1. The molecule has 3 nitrogen and oxygen atoms in total. The quantitative estimate of drug-likeness (QED) is 0.374. The van der Waals surface area contributed by atoms with Gasteiger partial charge in [-0.1, -0.05) is 36.9 Å². The number of hydrogen-bond donors (Lipinski definition) is 0. The first-order chi connectivity index (χ1) is 5.55. The fourth-order valence-electron chi connectivity index (χ4n) is 0.910. The average molecular weight is 228 g/mol. The molecule has 0 aliphatic heterocycles. The van der Waals surface area contributed by atoms with E-state index in [9.17, 15) is 14.4 Å². The van der Waals surface area contributed by atoms with Crippen molar-refractivity contribution in [2.45, 2.75) is 0 Å². The molecule has 1 rings (SSSR count). The fraction of sp³-hybridized carbons (Fsp3) is 0. The second-order valence-corrected chi connectivity index (χ2v) is 3.74. The van der Waals surface area contributed by atoms with Gasteiger partial charge in [-0.25, -0.2) is 0 Å². The molecule has 0 aromatic heterocycles. The van der Waals surface area contributed by atoms with Crippen molar-refractivity contribution >= 4 is 19.0 Å². The van der Waals surface area contributed by atoms with Gasteiger partial charge >= 0.3 is 59.1 Å². The summed E-state index contributed by atoms with van der Waals surface area (Å²) in [6, 6.07) is 5.96. The minimum atomic E-state index is -4.64. The first-order valence-corrected chi connectivity index (χ1v) is 4.84. The second kappa shape index (κ2) is 7.39. The van der Waals surface area contributed by atoms with E-state index >= 15 is 0 Å². The van der Waals surface area contributed by atoms with Crippen molar-refractivity contribution in [3.05, 3.63) is 36.4 Å². The summed E-state index contributed by atoms with van der Waals surface area (Å²) < 4.78 is 10.6. The topological polar surface area (TPSA) is 63.2 Å². The molecule has 64 valence electrons. The normalized spacial score (nSPS) is 9.57. The molecule has 0 saturated heterocycles. The van der Waals surface area contributed by atoms with E-state index in [1.165, 1.54) is 24.3 Å². The van der Waals surface area contributed by atoms with Gasteiger partial charge in [0, 0.05) is 0 Å². The minimum absolute atomic E-state index is 0. The van der Waals surface area contributed by atoms with Crippen molar-refractivity contribution in [3.8, 4) is 0 Å². The molecule has 0 unspecified atom stereocenters. The van der Waals surface area contributed by atoms with Crippen molar-refractivity contribution in [1.29, 1.82) is 0 Å². The predicted molar refractivity (Wildman–Crippen MR) is 43.8 cm³/mol. The van der Waals surface area contributed by atoms with Gasteiger partial charge in [0.05, 0.1) is 0 Å². The summed E-state index contributed by atoms with van der Waals surface area (Å²) >= 11 is 0. The van der Waals surface area contributed by atoms with E-state index in [-0.39, 0.29) is 64.4 Å². The van der Waals surface area contributed by atoms with Crippen LogP contribution < -0.4 is 74.2 Å². The van der Waals surface area contributed by atoms with E-state index in [1.54, 1.807) is 6.07 Å². The Kier molecular flexibility index (Phi) is 9.24. The van der Waals surface area contributed by atoms with Crippen LogP contribution in [0.4, 0.5) is 0 Å². The van der Waals surface area contributed by atoms with Crippen LogP contribution >= 0.6 is 7.60 Å². The molecule has 6 heteroatoms. The standard InChI is InChI=1S/C8H9O3P.2Na/c1-2-7-5-3-4-6-8(7)12(9,10)11;;/h2-6H,1H2,(H2,9,10,11);;/q;2*+1/p-2. The molecular weight excluding hydrogens is 221 g/mol. The monoisotopic (exact) mass is 228 g/mol. The zero-order chi connectivity index (χ0) is 9.19. The minimum Gasteiger partial charge on any atom is -0.807 e. The molecule has 0 bridgehead atoms. The summed E-state index contributed by atoms with van der Waals surface area (Å²) in [6.07, 6.45) is 1.35. The summed E-state index contributed by atoms with van der Waals surface area (Å²) in [5.41, 5.74) is 0.353. The maximum Gasteiger partial charge on any atom is 1.00 e. The van der Waals surface area contributed by atoms with Gasteiger partial charge in [0.1, 0.15) is 0 Å². The first kappa shape index (κ1) is 17.5. The van der Waals surface area contributed by atoms with Crippen LogP contribution in [-0.2, 0) is 4.57 Å². The van der Waals surface area contributed by atoms with E-state index < -0.39 is 7.60 Å². The third-order valence-electron chi connectivity index (χ3n) is 1.45. The summed E-state index contributed by atoms with van der Waals surface area (Å²) in [7, 11) is -4.64. The molecule has 1 aromatic rings. The second-order valence-electron chi connectivity index (χ2n) is 2.26. The van der Waals surface area contributed by atoms with E-state index in [1.807, 2.05) is 0 Å². The van der Waals surface area contributed by atoms with Crippen LogP contribution in [0.25, 0.3) is 6.08 Å². The van der Waals surface area contributed by atoms with Crippen LogP contribution in [0.1, 0.15) is 5.56 Å². The molecule has 0 N–H and O–H groups in total. The maximum atomic E-state index is 10.6. The predicted octanol–water partition coefficient (Wildman–Crippen LogP) is -6.12. The van der Waals surface area contributed by atoms with Crippen molar-refractivity contribution in [1.82, 2.24) is 0 Å². The van der Waals surface area contributed by atoms with Gasteiger partial charge in [0.15, 0.2) is 0 Å². The largest absolute Gasteiger partial charge is 1.00 e. The molecule has 0 atom stereocenters. The SMILES string of the molecule is C=Cc1ccccc1P(=O)([O-])[O-].[Na+].[Na+]. The molecule has 14 heavy (non-hydrogen) atoms. The van der Waals surface area contributed by atoms with E-state index in [0.29, 0.717) is 5.56 Å². The fourth-order valence-corrected chi connectivity index (χ4v) is 1.66. The Morgan fingerprint density at radius 2 is 1.71 bits per heavy atom. The average Bonchev–Trinajstić information content (AvgIpc) is 2.03. The Balaban J connectivity index is 0. The zero-order valence-electron chi connectivity index (χ0n) is 8.27. The van der Waals surface area contributed by atoms with E-state index in [0.717, 1.165) is 0 Å². The molecule has 0 heterocycles. The van der Waals surface area contributed by atoms with Crippen LogP contribution in [0, 0.1) is 0 Å². The summed E-state index contributed by atoms with van der Waals surface area (Å²) in [6.45, 7) is 3.41. The van der Waals surface area contributed by atoms with E-state index in [2.05, 4.69) is 6.58 Å². The van der Waals surface area contributed by atoms with Crippen molar-refractivity contribution in [2.75, 3.05) is 0 Å². The van der Waals surface area contributed by atoms with Crippen molar-refractivity contribution in [2.24, 2.45) is 0 Å². The molecule has 0 spiro atoms. The van der Waals surface area contributed by atoms with Gasteiger partial charge < -0.3 is 14.4 Å². The molecule has 0 saturated carbocycles. The van der Waals surface area contributed by atoms with E-state index in [4.69, 9.17) is 0 Å². The van der Waals surface area contributed by atoms with Crippen LogP contribution in [0.3, 0.4) is 0 Å². The van der Waals surface area contributed by atoms with Crippen LogP contribution in [0.2, 0.25) is 0 Å². The van der Waals surface area contributed by atoms with Gasteiger partial charge in [0.25, 0.3) is 0 Å². The Morgan fingerprint density at radius 3 is 2.07 bits per heavy atom. The van der Waals surface area contributed by atoms with Crippen molar-refractivity contribution < 1.29 is 73.5 Å². The van der Waals surface area contributed by atoms with Crippen LogP contribution in [0.5, 0.6) is 0 Å². The van der Waals surface area contributed by atoms with Gasteiger partial charge in [-0.2, -0.15) is 0 Å². The van der Waals surface area contributed by atoms with Gasteiger partial charge in [0.2, 0.25) is 0 Å². The first-order valence-electron chi connectivity index (χ1n) is 3.30.